The first-order valence-electron chi connectivity index (χ1n) is 8.12. The van der Waals surface area contributed by atoms with E-state index in [0.717, 1.165) is 16.7 Å². The van der Waals surface area contributed by atoms with Gasteiger partial charge in [-0.2, -0.15) is 0 Å². The molecule has 0 saturated carbocycles. The molecule has 0 spiro atoms. The molecule has 134 valence electrons. The van der Waals surface area contributed by atoms with E-state index in [9.17, 15) is 14.4 Å². The van der Waals surface area contributed by atoms with Crippen LogP contribution in [-0.4, -0.2) is 39.8 Å². The average molecular weight is 378 g/mol. The summed E-state index contributed by atoms with van der Waals surface area (Å²) in [5.74, 6) is -1.21. The van der Waals surface area contributed by atoms with Gasteiger partial charge in [0.1, 0.15) is 0 Å². The van der Waals surface area contributed by atoms with Gasteiger partial charge in [0.15, 0.2) is 5.17 Å². The Bertz CT molecular complexity index is 1050. The minimum atomic E-state index is -0.490. The molecule has 8 heteroatoms. The van der Waals surface area contributed by atoms with Gasteiger partial charge in [0.25, 0.3) is 11.8 Å². The summed E-state index contributed by atoms with van der Waals surface area (Å²) in [6.07, 6.45) is 3.22. The minimum Gasteiger partial charge on any atom is -0.290 e. The highest BCUT2D eigenvalue weighted by Gasteiger charge is 2.42. The molecular formula is C19H14N4O3S. The smallest absolute Gasteiger partial charge is 0.267 e. The van der Waals surface area contributed by atoms with Crippen LogP contribution in [-0.2, 0) is 14.4 Å². The predicted molar refractivity (Wildman–Crippen MR) is 103 cm³/mol. The zero-order valence-corrected chi connectivity index (χ0v) is 15.4. The van der Waals surface area contributed by atoms with Gasteiger partial charge in [-0.15, -0.1) is 0 Å². The summed E-state index contributed by atoms with van der Waals surface area (Å²) in [5.41, 5.74) is 1.91. The summed E-state index contributed by atoms with van der Waals surface area (Å²) in [4.78, 5) is 48.9. The van der Waals surface area contributed by atoms with Crippen LogP contribution in [0.5, 0.6) is 0 Å². The summed E-state index contributed by atoms with van der Waals surface area (Å²) >= 11 is 1.12. The summed E-state index contributed by atoms with van der Waals surface area (Å²) < 4.78 is 0. The topological polar surface area (TPSA) is 82.9 Å². The van der Waals surface area contributed by atoms with E-state index in [2.05, 4.69) is 9.98 Å². The van der Waals surface area contributed by atoms with Crippen LogP contribution in [0.4, 0.5) is 11.4 Å². The van der Waals surface area contributed by atoms with E-state index in [1.54, 1.807) is 55.8 Å². The van der Waals surface area contributed by atoms with Crippen molar-refractivity contribution in [2.75, 3.05) is 11.9 Å². The van der Waals surface area contributed by atoms with Crippen molar-refractivity contribution in [2.45, 2.75) is 6.92 Å². The van der Waals surface area contributed by atoms with Gasteiger partial charge in [-0.25, -0.2) is 9.89 Å². The van der Waals surface area contributed by atoms with Crippen LogP contribution < -0.4 is 4.90 Å². The molecule has 0 bridgehead atoms. The van der Waals surface area contributed by atoms with Crippen LogP contribution in [0.1, 0.15) is 12.5 Å². The van der Waals surface area contributed by atoms with E-state index >= 15 is 0 Å². The molecule has 0 N–H and O–H groups in total. The van der Waals surface area contributed by atoms with E-state index in [1.807, 2.05) is 0 Å². The Morgan fingerprint density at radius 3 is 2.59 bits per heavy atom. The van der Waals surface area contributed by atoms with Crippen LogP contribution >= 0.6 is 11.8 Å². The molecule has 2 aliphatic heterocycles. The molecule has 1 aromatic carbocycles. The second kappa shape index (κ2) is 6.48. The van der Waals surface area contributed by atoms with Crippen molar-refractivity contribution in [1.29, 1.82) is 0 Å². The van der Waals surface area contributed by atoms with E-state index in [1.165, 1.54) is 11.8 Å². The van der Waals surface area contributed by atoms with Crippen LogP contribution in [0, 0.1) is 0 Å². The number of thioether (sulfide) groups is 1. The van der Waals surface area contributed by atoms with Crippen molar-refractivity contribution in [3.63, 3.8) is 0 Å². The molecule has 7 nitrogen and oxygen atoms in total. The van der Waals surface area contributed by atoms with E-state index < -0.39 is 11.8 Å². The predicted octanol–water partition coefficient (Wildman–Crippen LogP) is 2.58. The summed E-state index contributed by atoms with van der Waals surface area (Å²) in [6.45, 7) is 1.33. The van der Waals surface area contributed by atoms with Gasteiger partial charge in [0.05, 0.1) is 28.0 Å². The minimum absolute atomic E-state index is 0.235. The number of benzene rings is 1. The summed E-state index contributed by atoms with van der Waals surface area (Å²) in [7, 11) is 1.60. The molecule has 0 unspecified atom stereocenters. The molecule has 3 heterocycles. The lowest BCUT2D eigenvalue weighted by Gasteiger charge is -2.11. The lowest BCUT2D eigenvalue weighted by atomic mass is 10.1. The number of hydrogen-bond donors (Lipinski definition) is 0. The molecule has 1 fully saturated rings. The second-order valence-electron chi connectivity index (χ2n) is 5.95. The molecule has 2 aromatic rings. The van der Waals surface area contributed by atoms with Crippen LogP contribution in [0.2, 0.25) is 0 Å². The number of nitrogens with zero attached hydrogens (tertiary/aromatic N) is 4. The quantitative estimate of drug-likeness (QED) is 0.712. The molecule has 1 aromatic heterocycles. The fourth-order valence-corrected chi connectivity index (χ4v) is 4.05. The van der Waals surface area contributed by atoms with Crippen LogP contribution in [0.3, 0.4) is 0 Å². The Hall–Kier alpha value is -3.26. The average Bonchev–Trinajstić information content (AvgIpc) is 3.10. The van der Waals surface area contributed by atoms with Gasteiger partial charge in [0.2, 0.25) is 5.91 Å². The third-order valence-corrected chi connectivity index (χ3v) is 5.35. The maximum atomic E-state index is 12.9. The largest absolute Gasteiger partial charge is 0.290 e. The number of anilines is 1. The molecular weight excluding hydrogens is 364 g/mol. The Morgan fingerprint density at radius 2 is 1.89 bits per heavy atom. The molecule has 1 saturated heterocycles. The number of aliphatic imine (C=N–C) groups is 1. The third kappa shape index (κ3) is 2.74. The maximum absolute atomic E-state index is 12.9. The number of fused-ring (bicyclic) bond motifs is 1. The highest BCUT2D eigenvalue weighted by molar-refractivity contribution is 8.18. The molecule has 27 heavy (non-hydrogen) atoms. The van der Waals surface area contributed by atoms with Gasteiger partial charge in [-0.1, -0.05) is 18.2 Å². The lowest BCUT2D eigenvalue weighted by Crippen LogP contribution is -2.31. The molecule has 2 aliphatic rings. The van der Waals surface area contributed by atoms with Gasteiger partial charge < -0.3 is 0 Å². The molecule has 4 rings (SSSR count). The first kappa shape index (κ1) is 17.2. The molecule has 3 amide bonds. The Kier molecular flexibility index (Phi) is 4.12. The molecule has 0 radical (unpaired) electrons. The van der Waals surface area contributed by atoms with Crippen molar-refractivity contribution < 1.29 is 14.4 Å². The Balaban J connectivity index is 1.84. The van der Waals surface area contributed by atoms with Gasteiger partial charge in [-0.05, 0) is 30.0 Å². The van der Waals surface area contributed by atoms with Crippen molar-refractivity contribution in [3.05, 3.63) is 59.3 Å². The number of hydrogen-bond acceptors (Lipinski definition) is 6. The number of imide groups is 1. The SMILES string of the molecule is CC(=O)N1C(=O)/C(=C2\SC(=Nc3cccnc3)N(C)C2=O)c2ccccc21. The number of amidine groups is 1. The van der Waals surface area contributed by atoms with Gasteiger partial charge in [0, 0.05) is 25.7 Å². The van der Waals surface area contributed by atoms with Crippen molar-refractivity contribution in [2.24, 2.45) is 4.99 Å². The zero-order chi connectivity index (χ0) is 19.1. The highest BCUT2D eigenvalue weighted by Crippen LogP contribution is 2.44. The normalized spacial score (nSPS) is 20.6. The fourth-order valence-electron chi connectivity index (χ4n) is 2.98. The van der Waals surface area contributed by atoms with Crippen molar-refractivity contribution in [1.82, 2.24) is 9.88 Å². The van der Waals surface area contributed by atoms with E-state index in [-0.39, 0.29) is 16.4 Å². The number of rotatable bonds is 1. The summed E-state index contributed by atoms with van der Waals surface area (Å²) in [6, 6.07) is 10.5. The second-order valence-corrected chi connectivity index (χ2v) is 6.93. The zero-order valence-electron chi connectivity index (χ0n) is 14.5. The number of likely N-dealkylation sites (N-methyl/N-ethyl adjacent to an activating group) is 1. The maximum Gasteiger partial charge on any atom is 0.267 e. The third-order valence-electron chi connectivity index (χ3n) is 4.22. The lowest BCUT2D eigenvalue weighted by molar-refractivity contribution is -0.123. The Morgan fingerprint density at radius 1 is 1.11 bits per heavy atom. The molecule has 0 atom stereocenters. The molecule has 0 aliphatic carbocycles. The van der Waals surface area contributed by atoms with Gasteiger partial charge >= 0.3 is 0 Å². The van der Waals surface area contributed by atoms with E-state index in [0.29, 0.717) is 22.1 Å². The number of carbonyl (C=O) groups excluding carboxylic acids is 3. The number of para-hydroxylation sites is 1. The standard InChI is InChI=1S/C19H14N4O3S/c1-11(24)23-14-8-4-3-7-13(14)15(17(23)25)16-18(26)22(2)19(27-16)21-12-6-5-9-20-10-12/h3-10H,1-2H3/b16-15-,21-19?. The first-order valence-corrected chi connectivity index (χ1v) is 8.94. The fraction of sp³-hybridized carbons (Fsp3) is 0.105. The number of carbonyl (C=O) groups is 3. The Labute approximate surface area is 159 Å². The van der Waals surface area contributed by atoms with Crippen LogP contribution in [0.15, 0.2) is 58.7 Å². The highest BCUT2D eigenvalue weighted by atomic mass is 32.2. The monoisotopic (exact) mass is 378 g/mol. The van der Waals surface area contributed by atoms with Crippen LogP contribution in [0.25, 0.3) is 5.57 Å². The van der Waals surface area contributed by atoms with Crippen molar-refractivity contribution >= 4 is 51.6 Å². The number of amides is 3. The van der Waals surface area contributed by atoms with Crippen molar-refractivity contribution in [3.8, 4) is 0 Å². The first-order chi connectivity index (χ1) is 13.0. The van der Waals surface area contributed by atoms with Gasteiger partial charge in [-0.3, -0.25) is 24.3 Å². The number of aromatic nitrogens is 1. The summed E-state index contributed by atoms with van der Waals surface area (Å²) in [5, 5.41) is 0.446. The number of pyridine rings is 1. The van der Waals surface area contributed by atoms with E-state index in [4.69, 9.17) is 0 Å².